The minimum Gasteiger partial charge on any atom is -0.354 e. The maximum Gasteiger partial charge on any atom is 0.235 e. The van der Waals surface area contributed by atoms with Gasteiger partial charge in [0.2, 0.25) is 15.9 Å². The summed E-state index contributed by atoms with van der Waals surface area (Å²) in [7, 11) is -3.46. The molecular formula is C12H17N3O3S. The first-order valence-corrected chi connectivity index (χ1v) is 7.64. The topological polar surface area (TPSA) is 92.5 Å². The first-order chi connectivity index (χ1) is 9.01. The Balaban J connectivity index is 2.13. The SMILES string of the molecule is NCc1cccc(CS(=O)(=O)N2CCNC(=O)C2)c1. The van der Waals surface area contributed by atoms with Crippen LogP contribution in [0.4, 0.5) is 0 Å². The molecule has 1 amide bonds. The number of nitrogens with one attached hydrogen (secondary N) is 1. The Morgan fingerprint density at radius 1 is 1.32 bits per heavy atom. The van der Waals surface area contributed by atoms with Crippen molar-refractivity contribution in [2.75, 3.05) is 19.6 Å². The molecule has 1 fully saturated rings. The summed E-state index contributed by atoms with van der Waals surface area (Å²) in [5.74, 6) is -0.362. The fourth-order valence-electron chi connectivity index (χ4n) is 2.00. The molecule has 0 aliphatic carbocycles. The second kappa shape index (κ2) is 5.68. The van der Waals surface area contributed by atoms with Crippen LogP contribution < -0.4 is 11.1 Å². The summed E-state index contributed by atoms with van der Waals surface area (Å²) in [5.41, 5.74) is 7.11. The van der Waals surface area contributed by atoms with Crippen LogP contribution in [0.2, 0.25) is 0 Å². The number of benzene rings is 1. The van der Waals surface area contributed by atoms with Crippen molar-refractivity contribution in [3.05, 3.63) is 35.4 Å². The van der Waals surface area contributed by atoms with Crippen molar-refractivity contribution in [3.8, 4) is 0 Å². The van der Waals surface area contributed by atoms with Crippen molar-refractivity contribution < 1.29 is 13.2 Å². The lowest BCUT2D eigenvalue weighted by Gasteiger charge is -2.25. The first-order valence-electron chi connectivity index (χ1n) is 6.03. The summed E-state index contributed by atoms with van der Waals surface area (Å²) < 4.78 is 25.7. The number of rotatable bonds is 4. The summed E-state index contributed by atoms with van der Waals surface area (Å²) in [6, 6.07) is 7.17. The van der Waals surface area contributed by atoms with Gasteiger partial charge in [0.1, 0.15) is 0 Å². The molecule has 0 bridgehead atoms. The number of hydrogen-bond acceptors (Lipinski definition) is 4. The minimum absolute atomic E-state index is 0.0983. The molecule has 1 aromatic rings. The average Bonchev–Trinajstić information content (AvgIpc) is 2.38. The molecule has 104 valence electrons. The van der Waals surface area contributed by atoms with E-state index in [2.05, 4.69) is 5.32 Å². The van der Waals surface area contributed by atoms with Gasteiger partial charge in [-0.1, -0.05) is 24.3 Å². The van der Waals surface area contributed by atoms with E-state index < -0.39 is 10.0 Å². The number of carbonyl (C=O) groups is 1. The van der Waals surface area contributed by atoms with Gasteiger partial charge in [-0.25, -0.2) is 8.42 Å². The molecule has 6 nitrogen and oxygen atoms in total. The zero-order valence-corrected chi connectivity index (χ0v) is 11.3. The Hall–Kier alpha value is -1.44. The molecule has 1 aliphatic rings. The number of hydrogen-bond donors (Lipinski definition) is 2. The molecule has 0 unspecified atom stereocenters. The van der Waals surface area contributed by atoms with E-state index in [9.17, 15) is 13.2 Å². The Morgan fingerprint density at radius 3 is 2.74 bits per heavy atom. The second-order valence-corrected chi connectivity index (χ2v) is 6.43. The zero-order chi connectivity index (χ0) is 13.9. The highest BCUT2D eigenvalue weighted by Gasteiger charge is 2.27. The predicted molar refractivity (Wildman–Crippen MR) is 71.5 cm³/mol. The second-order valence-electron chi connectivity index (χ2n) is 4.46. The maximum absolute atomic E-state index is 12.2. The highest BCUT2D eigenvalue weighted by atomic mass is 32.2. The number of nitrogens with zero attached hydrogens (tertiary/aromatic N) is 1. The third kappa shape index (κ3) is 3.52. The van der Waals surface area contributed by atoms with Gasteiger partial charge in [0.25, 0.3) is 0 Å². The predicted octanol–water partition coefficient (Wildman–Crippen LogP) is -0.593. The van der Waals surface area contributed by atoms with Gasteiger partial charge in [-0.2, -0.15) is 4.31 Å². The van der Waals surface area contributed by atoms with E-state index in [1.165, 1.54) is 4.31 Å². The smallest absolute Gasteiger partial charge is 0.235 e. The third-order valence-corrected chi connectivity index (χ3v) is 4.77. The van der Waals surface area contributed by atoms with E-state index >= 15 is 0 Å². The molecule has 7 heteroatoms. The Kier molecular flexibility index (Phi) is 4.18. The lowest BCUT2D eigenvalue weighted by atomic mass is 10.1. The van der Waals surface area contributed by atoms with Gasteiger partial charge in [-0.3, -0.25) is 4.79 Å². The molecular weight excluding hydrogens is 266 g/mol. The fourth-order valence-corrected chi connectivity index (χ4v) is 3.47. The van der Waals surface area contributed by atoms with Crippen LogP contribution in [0.5, 0.6) is 0 Å². The zero-order valence-electron chi connectivity index (χ0n) is 10.5. The summed E-state index contributed by atoms with van der Waals surface area (Å²) >= 11 is 0. The number of sulfonamides is 1. The van der Waals surface area contributed by atoms with Gasteiger partial charge in [0.15, 0.2) is 0 Å². The molecule has 3 N–H and O–H groups in total. The standard InChI is InChI=1S/C12H17N3O3S/c13-7-10-2-1-3-11(6-10)9-19(17,18)15-5-4-14-12(16)8-15/h1-3,6H,4-5,7-9,13H2,(H,14,16). The van der Waals surface area contributed by atoms with Crippen LogP contribution in [0, 0.1) is 0 Å². The largest absolute Gasteiger partial charge is 0.354 e. The minimum atomic E-state index is -3.46. The van der Waals surface area contributed by atoms with Crippen LogP contribution >= 0.6 is 0 Å². The molecule has 1 aromatic carbocycles. The number of amides is 1. The molecule has 1 aliphatic heterocycles. The van der Waals surface area contributed by atoms with Crippen molar-refractivity contribution in [2.24, 2.45) is 5.73 Å². The van der Waals surface area contributed by atoms with Crippen LogP contribution in [-0.2, 0) is 27.1 Å². The van der Waals surface area contributed by atoms with E-state index in [1.54, 1.807) is 18.2 Å². The monoisotopic (exact) mass is 283 g/mol. The van der Waals surface area contributed by atoms with Crippen molar-refractivity contribution in [3.63, 3.8) is 0 Å². The summed E-state index contributed by atoms with van der Waals surface area (Å²) in [5, 5.41) is 2.60. The molecule has 0 radical (unpaired) electrons. The van der Waals surface area contributed by atoms with E-state index in [0.717, 1.165) is 5.56 Å². The summed E-state index contributed by atoms with van der Waals surface area (Å²) in [6.45, 7) is 0.963. The van der Waals surface area contributed by atoms with Crippen molar-refractivity contribution in [1.29, 1.82) is 0 Å². The average molecular weight is 283 g/mol. The lowest BCUT2D eigenvalue weighted by molar-refractivity contribution is -0.122. The quantitative estimate of drug-likeness (QED) is 0.772. The van der Waals surface area contributed by atoms with Gasteiger partial charge >= 0.3 is 0 Å². The maximum atomic E-state index is 12.2. The molecule has 0 saturated carbocycles. The summed E-state index contributed by atoms with van der Waals surface area (Å²) in [6.07, 6.45) is 0. The van der Waals surface area contributed by atoms with Crippen LogP contribution in [0.25, 0.3) is 0 Å². The van der Waals surface area contributed by atoms with Crippen LogP contribution in [0.3, 0.4) is 0 Å². The molecule has 2 rings (SSSR count). The molecule has 1 heterocycles. The van der Waals surface area contributed by atoms with Gasteiger partial charge in [-0.05, 0) is 11.1 Å². The van der Waals surface area contributed by atoms with E-state index in [-0.39, 0.29) is 18.2 Å². The highest BCUT2D eigenvalue weighted by molar-refractivity contribution is 7.88. The van der Waals surface area contributed by atoms with Crippen LogP contribution in [0.1, 0.15) is 11.1 Å². The molecule has 0 aromatic heterocycles. The van der Waals surface area contributed by atoms with E-state index in [0.29, 0.717) is 25.2 Å². The molecule has 19 heavy (non-hydrogen) atoms. The highest BCUT2D eigenvalue weighted by Crippen LogP contribution is 2.13. The Morgan fingerprint density at radius 2 is 2.05 bits per heavy atom. The Bertz CT molecular complexity index is 571. The van der Waals surface area contributed by atoms with Crippen LogP contribution in [-0.4, -0.2) is 38.3 Å². The van der Waals surface area contributed by atoms with E-state index in [4.69, 9.17) is 5.73 Å². The normalized spacial score (nSPS) is 17.2. The van der Waals surface area contributed by atoms with Crippen LogP contribution in [0.15, 0.2) is 24.3 Å². The molecule has 0 spiro atoms. The number of piperazine rings is 1. The Labute approximate surface area is 112 Å². The lowest BCUT2D eigenvalue weighted by Crippen LogP contribution is -2.50. The van der Waals surface area contributed by atoms with E-state index in [1.807, 2.05) is 6.07 Å². The van der Waals surface area contributed by atoms with Crippen molar-refractivity contribution in [1.82, 2.24) is 9.62 Å². The first kappa shape index (κ1) is 14.0. The molecule has 0 atom stereocenters. The van der Waals surface area contributed by atoms with Crippen molar-refractivity contribution in [2.45, 2.75) is 12.3 Å². The number of carbonyl (C=O) groups excluding carboxylic acids is 1. The van der Waals surface area contributed by atoms with Crippen molar-refractivity contribution >= 4 is 15.9 Å². The number of nitrogens with two attached hydrogens (primary N) is 1. The third-order valence-electron chi connectivity index (χ3n) is 2.97. The molecule has 1 saturated heterocycles. The van der Waals surface area contributed by atoms with Gasteiger partial charge in [0.05, 0.1) is 12.3 Å². The summed E-state index contributed by atoms with van der Waals surface area (Å²) in [4.78, 5) is 11.2. The fraction of sp³-hybridized carbons (Fsp3) is 0.417. The van der Waals surface area contributed by atoms with Gasteiger partial charge in [-0.15, -0.1) is 0 Å². The van der Waals surface area contributed by atoms with Gasteiger partial charge in [0, 0.05) is 19.6 Å². The van der Waals surface area contributed by atoms with Gasteiger partial charge < -0.3 is 11.1 Å².